The van der Waals surface area contributed by atoms with Crippen LogP contribution in [0, 0.1) is 0 Å². The van der Waals surface area contributed by atoms with Crippen LogP contribution in [0.25, 0.3) is 0 Å². The maximum atomic E-state index is 6.05. The molecule has 0 saturated carbocycles. The number of aliphatic imine (C=N–C) groups is 1. The minimum Gasteiger partial charge on any atom is -0.493 e. The molecular weight excluding hydrogens is 310 g/mol. The molecule has 6 nitrogen and oxygen atoms in total. The largest absolute Gasteiger partial charge is 0.493 e. The zero-order chi connectivity index (χ0) is 15.4. The normalized spacial score (nSPS) is 18.8. The zero-order valence-electron chi connectivity index (χ0n) is 11.9. The number of hydrogen-bond donors (Lipinski definition) is 2. The second kappa shape index (κ2) is 7.15. The molecule has 1 unspecified atom stereocenters. The number of rotatable bonds is 6. The second-order valence-corrected chi connectivity index (χ2v) is 5.02. The van der Waals surface area contributed by atoms with Crippen LogP contribution in [0.4, 0.5) is 0 Å². The Morgan fingerprint density at radius 2 is 2.33 bits per heavy atom. The van der Waals surface area contributed by atoms with Crippen LogP contribution in [-0.4, -0.2) is 41.4 Å². The summed E-state index contributed by atoms with van der Waals surface area (Å²) in [7, 11) is 1.75. The third kappa shape index (κ3) is 3.33. The summed E-state index contributed by atoms with van der Waals surface area (Å²) >= 11 is 11.1. The number of hydrogen-bond acceptors (Lipinski definition) is 6. The first-order valence-electron chi connectivity index (χ1n) is 6.59. The summed E-state index contributed by atoms with van der Waals surface area (Å²) in [6, 6.07) is 5.40. The molecule has 1 aliphatic rings. The van der Waals surface area contributed by atoms with Crippen molar-refractivity contribution in [2.24, 2.45) is 10.7 Å². The highest BCUT2D eigenvalue weighted by atomic mass is 35.5. The number of benzene rings is 1. The standard InChI is InChI=1S/C13H18ClN5OS/c1-3-6-20-11-7-9(14)4-5-10(11)12-17-13(15)19(16-2)18(12)8-21/h4-5,7-8,13,16H,3,6,15H2,1-2H3. The molecular formula is C13H18ClN5OS. The summed E-state index contributed by atoms with van der Waals surface area (Å²) in [6.07, 6.45) is 0.344. The minimum atomic E-state index is -0.557. The maximum absolute atomic E-state index is 6.05. The number of amidine groups is 1. The maximum Gasteiger partial charge on any atom is 0.187 e. The third-order valence-corrected chi connectivity index (χ3v) is 3.36. The minimum absolute atomic E-state index is 0.557. The van der Waals surface area contributed by atoms with Crippen LogP contribution in [0.1, 0.15) is 18.9 Å². The van der Waals surface area contributed by atoms with Gasteiger partial charge in [0.2, 0.25) is 0 Å². The van der Waals surface area contributed by atoms with Gasteiger partial charge in [0.1, 0.15) is 5.75 Å². The van der Waals surface area contributed by atoms with Crippen LogP contribution in [0.15, 0.2) is 23.2 Å². The number of nitrogens with one attached hydrogen (secondary N) is 1. The molecule has 8 heteroatoms. The van der Waals surface area contributed by atoms with E-state index in [2.05, 4.69) is 10.4 Å². The summed E-state index contributed by atoms with van der Waals surface area (Å²) in [4.78, 5) is 4.42. The van der Waals surface area contributed by atoms with Gasteiger partial charge in [-0.25, -0.2) is 15.4 Å². The zero-order valence-corrected chi connectivity index (χ0v) is 13.5. The molecule has 1 aromatic rings. The first-order chi connectivity index (χ1) is 10.1. The van der Waals surface area contributed by atoms with Crippen molar-refractivity contribution < 1.29 is 4.74 Å². The fraction of sp³-hybridized carbons (Fsp3) is 0.385. The Bertz CT molecular complexity index is 553. The molecule has 2 rings (SSSR count). The monoisotopic (exact) mass is 327 g/mol. The molecule has 1 aromatic carbocycles. The molecule has 21 heavy (non-hydrogen) atoms. The first kappa shape index (κ1) is 16.1. The Labute approximate surface area is 134 Å². The lowest BCUT2D eigenvalue weighted by atomic mass is 10.2. The average Bonchev–Trinajstić information content (AvgIpc) is 2.80. The summed E-state index contributed by atoms with van der Waals surface area (Å²) < 4.78 is 5.76. The SMILES string of the molecule is CCCOc1cc(Cl)ccc1C1=NC(N)N(NC)N1C=S. The molecule has 0 spiro atoms. The predicted molar refractivity (Wildman–Crippen MR) is 88.1 cm³/mol. The molecule has 1 aliphatic heterocycles. The number of halogens is 1. The van der Waals surface area contributed by atoms with Gasteiger partial charge >= 0.3 is 0 Å². The molecule has 0 bridgehead atoms. The second-order valence-electron chi connectivity index (χ2n) is 4.37. The fourth-order valence-electron chi connectivity index (χ4n) is 2.01. The van der Waals surface area contributed by atoms with E-state index in [0.29, 0.717) is 23.2 Å². The van der Waals surface area contributed by atoms with Gasteiger partial charge in [-0.3, -0.25) is 5.73 Å². The third-order valence-electron chi connectivity index (χ3n) is 2.93. The molecule has 0 radical (unpaired) electrons. The Balaban J connectivity index is 2.40. The van der Waals surface area contributed by atoms with E-state index in [0.717, 1.165) is 12.0 Å². The lowest BCUT2D eigenvalue weighted by Gasteiger charge is -2.27. The quantitative estimate of drug-likeness (QED) is 0.776. The van der Waals surface area contributed by atoms with Gasteiger partial charge in [-0.1, -0.05) is 30.7 Å². The van der Waals surface area contributed by atoms with Crippen LogP contribution in [0.5, 0.6) is 5.75 Å². The van der Waals surface area contributed by atoms with Gasteiger partial charge in [-0.15, -0.1) is 5.12 Å². The molecule has 114 valence electrons. The van der Waals surface area contributed by atoms with Crippen LogP contribution < -0.4 is 15.9 Å². The topological polar surface area (TPSA) is 66.1 Å². The number of nitrogens with zero attached hydrogens (tertiary/aromatic N) is 3. The summed E-state index contributed by atoms with van der Waals surface area (Å²) in [5.74, 6) is 1.28. The Hall–Kier alpha value is -1.25. The van der Waals surface area contributed by atoms with Gasteiger partial charge in [0.15, 0.2) is 12.1 Å². The van der Waals surface area contributed by atoms with Crippen molar-refractivity contribution in [2.75, 3.05) is 13.7 Å². The van der Waals surface area contributed by atoms with Gasteiger partial charge in [0.05, 0.1) is 17.7 Å². The number of nitrogens with two attached hydrogens (primary N) is 1. The van der Waals surface area contributed by atoms with E-state index in [9.17, 15) is 0 Å². The fourth-order valence-corrected chi connectivity index (χ4v) is 2.38. The number of ether oxygens (including phenoxy) is 1. The van der Waals surface area contributed by atoms with E-state index in [1.165, 1.54) is 5.49 Å². The highest BCUT2D eigenvalue weighted by Gasteiger charge is 2.32. The molecule has 0 amide bonds. The number of thiocarbonyl (C=S) groups is 1. The number of hydrazine groups is 2. The van der Waals surface area contributed by atoms with E-state index in [4.69, 9.17) is 34.3 Å². The highest BCUT2D eigenvalue weighted by molar-refractivity contribution is 7.78. The summed E-state index contributed by atoms with van der Waals surface area (Å²) in [6.45, 7) is 2.64. The molecule has 1 heterocycles. The van der Waals surface area contributed by atoms with Crippen molar-refractivity contribution >= 4 is 35.1 Å². The molecule has 1 atom stereocenters. The van der Waals surface area contributed by atoms with Crippen LogP contribution in [-0.2, 0) is 0 Å². The van der Waals surface area contributed by atoms with Crippen molar-refractivity contribution in [3.05, 3.63) is 28.8 Å². The highest BCUT2D eigenvalue weighted by Crippen LogP contribution is 2.27. The summed E-state index contributed by atoms with van der Waals surface area (Å²) in [5.41, 5.74) is 11.2. The van der Waals surface area contributed by atoms with E-state index in [1.54, 1.807) is 29.3 Å². The van der Waals surface area contributed by atoms with Gasteiger partial charge in [0.25, 0.3) is 0 Å². The van der Waals surface area contributed by atoms with Gasteiger partial charge < -0.3 is 4.74 Å². The van der Waals surface area contributed by atoms with Gasteiger partial charge in [-0.05, 0) is 24.6 Å². The molecule has 0 fully saturated rings. The van der Waals surface area contributed by atoms with E-state index >= 15 is 0 Å². The van der Waals surface area contributed by atoms with Crippen LogP contribution in [0.2, 0.25) is 5.02 Å². The average molecular weight is 328 g/mol. The van der Waals surface area contributed by atoms with E-state index in [-0.39, 0.29) is 0 Å². The lowest BCUT2D eigenvalue weighted by molar-refractivity contribution is 0.0405. The van der Waals surface area contributed by atoms with Crippen molar-refractivity contribution in [2.45, 2.75) is 19.6 Å². The van der Waals surface area contributed by atoms with Crippen molar-refractivity contribution in [1.29, 1.82) is 0 Å². The van der Waals surface area contributed by atoms with E-state index in [1.807, 2.05) is 13.0 Å². The van der Waals surface area contributed by atoms with Crippen LogP contribution >= 0.6 is 23.8 Å². The van der Waals surface area contributed by atoms with Crippen molar-refractivity contribution in [3.8, 4) is 5.75 Å². The predicted octanol–water partition coefficient (Wildman–Crippen LogP) is 1.74. The summed E-state index contributed by atoms with van der Waals surface area (Å²) in [5, 5.41) is 3.90. The van der Waals surface area contributed by atoms with Gasteiger partial charge in [-0.2, -0.15) is 0 Å². The molecule has 0 aliphatic carbocycles. The Morgan fingerprint density at radius 1 is 1.57 bits per heavy atom. The van der Waals surface area contributed by atoms with Crippen LogP contribution in [0.3, 0.4) is 0 Å². The molecule has 3 N–H and O–H groups in total. The smallest absolute Gasteiger partial charge is 0.187 e. The molecule has 0 aromatic heterocycles. The van der Waals surface area contributed by atoms with E-state index < -0.39 is 6.29 Å². The lowest BCUT2D eigenvalue weighted by Crippen LogP contribution is -2.53. The van der Waals surface area contributed by atoms with Crippen molar-refractivity contribution in [1.82, 2.24) is 15.6 Å². The first-order valence-corrected chi connectivity index (χ1v) is 7.44. The molecule has 0 saturated heterocycles. The Kier molecular flexibility index (Phi) is 5.49. The van der Waals surface area contributed by atoms with Crippen molar-refractivity contribution in [3.63, 3.8) is 0 Å². The van der Waals surface area contributed by atoms with Gasteiger partial charge in [0, 0.05) is 12.1 Å². The Morgan fingerprint density at radius 3 is 2.95 bits per heavy atom.